The van der Waals surface area contributed by atoms with E-state index in [4.69, 9.17) is 0 Å². The van der Waals surface area contributed by atoms with Gasteiger partial charge in [-0.15, -0.1) is 0 Å². The first-order chi connectivity index (χ1) is 29.7. The lowest BCUT2D eigenvalue weighted by Crippen LogP contribution is -2.45. The monoisotopic (exact) mass is 846 g/mol. The van der Waals surface area contributed by atoms with E-state index in [1.165, 1.54) is 270 Å². The van der Waals surface area contributed by atoms with Gasteiger partial charge in [0, 0.05) is 6.42 Å². The summed E-state index contributed by atoms with van der Waals surface area (Å²) < 4.78 is 0. The molecule has 358 valence electrons. The van der Waals surface area contributed by atoms with E-state index in [1.54, 1.807) is 0 Å². The van der Waals surface area contributed by atoms with E-state index >= 15 is 0 Å². The first-order valence-corrected chi connectivity index (χ1v) is 27.9. The van der Waals surface area contributed by atoms with E-state index in [1.807, 2.05) is 0 Å². The molecule has 0 saturated carbocycles. The van der Waals surface area contributed by atoms with Crippen molar-refractivity contribution in [2.75, 3.05) is 6.61 Å². The smallest absolute Gasteiger partial charge is 0.220 e. The molecule has 0 aliphatic carbocycles. The third kappa shape index (κ3) is 48.2. The third-order valence-electron chi connectivity index (χ3n) is 13.3. The summed E-state index contributed by atoms with van der Waals surface area (Å²) in [4.78, 5) is 12.5. The number of rotatable bonds is 52. The Hall–Kier alpha value is -0.870. The van der Waals surface area contributed by atoms with Crippen molar-refractivity contribution in [3.63, 3.8) is 0 Å². The molecule has 0 aromatic rings. The minimum Gasteiger partial charge on any atom is -0.394 e. The minimum absolute atomic E-state index is 0.0308. The predicted molar refractivity (Wildman–Crippen MR) is 267 cm³/mol. The molecule has 0 aromatic carbocycles. The summed E-state index contributed by atoms with van der Waals surface area (Å²) in [5.41, 5.74) is 0. The standard InChI is InChI=1S/C56H111NO3/c1-3-5-7-9-11-13-15-17-19-21-22-23-24-25-26-27-28-29-30-31-32-33-34-36-37-39-41-43-45-47-49-51-55(59)54(53-58)57-56(60)52-50-48-46-44-42-40-38-35-20-18-16-14-12-10-8-6-4-2/h18,20,54-55,58-59H,3-17,19,21-53H2,1-2H3,(H,57,60)/b20-18-. The summed E-state index contributed by atoms with van der Waals surface area (Å²) in [7, 11) is 0. The largest absolute Gasteiger partial charge is 0.394 e. The van der Waals surface area contributed by atoms with Crippen LogP contribution < -0.4 is 5.32 Å². The lowest BCUT2D eigenvalue weighted by Gasteiger charge is -2.22. The van der Waals surface area contributed by atoms with E-state index in [0.29, 0.717) is 12.8 Å². The second-order valence-electron chi connectivity index (χ2n) is 19.4. The van der Waals surface area contributed by atoms with Crippen LogP contribution in [-0.4, -0.2) is 34.9 Å². The average Bonchev–Trinajstić information content (AvgIpc) is 3.25. The first kappa shape index (κ1) is 59.1. The molecule has 0 aliphatic heterocycles. The Morgan fingerprint density at radius 3 is 0.917 bits per heavy atom. The SMILES string of the molecule is CCCCCCCC/C=C\CCCCCCCCCC(=O)NC(CO)C(O)CCCCCCCCCCCCCCCCCCCCCCCCCCCCCCCCC. The van der Waals surface area contributed by atoms with E-state index in [0.717, 1.165) is 25.7 Å². The fraction of sp³-hybridized carbons (Fsp3) is 0.946. The normalized spacial score (nSPS) is 12.8. The number of carbonyl (C=O) groups is 1. The first-order valence-electron chi connectivity index (χ1n) is 27.9. The van der Waals surface area contributed by atoms with Crippen molar-refractivity contribution in [2.45, 2.75) is 334 Å². The zero-order valence-electron chi connectivity index (χ0n) is 41.3. The van der Waals surface area contributed by atoms with Crippen molar-refractivity contribution in [1.29, 1.82) is 0 Å². The minimum atomic E-state index is -0.659. The highest BCUT2D eigenvalue weighted by molar-refractivity contribution is 5.76. The predicted octanol–water partition coefficient (Wildman–Crippen LogP) is 18.1. The highest BCUT2D eigenvalue weighted by atomic mass is 16.3. The van der Waals surface area contributed by atoms with Gasteiger partial charge < -0.3 is 15.5 Å². The third-order valence-corrected chi connectivity index (χ3v) is 13.3. The second kappa shape index (κ2) is 52.5. The molecule has 2 unspecified atom stereocenters. The fourth-order valence-corrected chi connectivity index (χ4v) is 9.01. The van der Waals surface area contributed by atoms with Crippen molar-refractivity contribution in [3.8, 4) is 0 Å². The van der Waals surface area contributed by atoms with Crippen molar-refractivity contribution in [3.05, 3.63) is 12.2 Å². The number of hydrogen-bond acceptors (Lipinski definition) is 3. The molecule has 0 rings (SSSR count). The Morgan fingerprint density at radius 2 is 0.633 bits per heavy atom. The summed E-state index contributed by atoms with van der Waals surface area (Å²) in [6.07, 6.45) is 67.8. The number of nitrogens with one attached hydrogen (secondary N) is 1. The molecular weight excluding hydrogens is 735 g/mol. The molecule has 4 heteroatoms. The van der Waals surface area contributed by atoms with Crippen molar-refractivity contribution in [2.24, 2.45) is 0 Å². The number of hydrogen-bond donors (Lipinski definition) is 3. The Kier molecular flexibility index (Phi) is 51.7. The van der Waals surface area contributed by atoms with Crippen LogP contribution in [0.5, 0.6) is 0 Å². The Bertz CT molecular complexity index is 829. The van der Waals surface area contributed by atoms with E-state index in [-0.39, 0.29) is 12.5 Å². The summed E-state index contributed by atoms with van der Waals surface area (Å²) in [5.74, 6) is -0.0308. The maximum atomic E-state index is 12.5. The molecule has 0 aromatic heterocycles. The van der Waals surface area contributed by atoms with Crippen LogP contribution in [0.15, 0.2) is 12.2 Å². The van der Waals surface area contributed by atoms with E-state index in [9.17, 15) is 15.0 Å². The molecular formula is C56H111NO3. The van der Waals surface area contributed by atoms with Crippen LogP contribution in [0.3, 0.4) is 0 Å². The zero-order valence-corrected chi connectivity index (χ0v) is 41.3. The lowest BCUT2D eigenvalue weighted by atomic mass is 10.0. The van der Waals surface area contributed by atoms with Crippen LogP contribution in [0.25, 0.3) is 0 Å². The highest BCUT2D eigenvalue weighted by Gasteiger charge is 2.20. The van der Waals surface area contributed by atoms with Gasteiger partial charge in [0.25, 0.3) is 0 Å². The van der Waals surface area contributed by atoms with Crippen molar-refractivity contribution in [1.82, 2.24) is 5.32 Å². The maximum absolute atomic E-state index is 12.5. The fourth-order valence-electron chi connectivity index (χ4n) is 9.01. The molecule has 2 atom stereocenters. The summed E-state index contributed by atoms with van der Waals surface area (Å²) in [5, 5.41) is 23.3. The van der Waals surface area contributed by atoms with Crippen LogP contribution >= 0.6 is 0 Å². The van der Waals surface area contributed by atoms with Crippen LogP contribution in [0, 0.1) is 0 Å². The topological polar surface area (TPSA) is 69.6 Å². The summed E-state index contributed by atoms with van der Waals surface area (Å²) in [6.45, 7) is 4.39. The van der Waals surface area contributed by atoms with Crippen molar-refractivity contribution < 1.29 is 15.0 Å². The Morgan fingerprint density at radius 1 is 0.383 bits per heavy atom. The van der Waals surface area contributed by atoms with Gasteiger partial charge >= 0.3 is 0 Å². The Balaban J connectivity index is 3.39. The Labute approximate surface area is 377 Å². The van der Waals surface area contributed by atoms with Gasteiger partial charge in [-0.2, -0.15) is 0 Å². The van der Waals surface area contributed by atoms with Gasteiger partial charge in [0.1, 0.15) is 0 Å². The van der Waals surface area contributed by atoms with Crippen LogP contribution in [0.4, 0.5) is 0 Å². The van der Waals surface area contributed by atoms with Gasteiger partial charge in [0.2, 0.25) is 5.91 Å². The molecule has 0 saturated heterocycles. The van der Waals surface area contributed by atoms with E-state index < -0.39 is 12.1 Å². The van der Waals surface area contributed by atoms with Gasteiger partial charge in [-0.05, 0) is 38.5 Å². The lowest BCUT2D eigenvalue weighted by molar-refractivity contribution is -0.123. The highest BCUT2D eigenvalue weighted by Crippen LogP contribution is 2.18. The molecule has 0 bridgehead atoms. The molecule has 1 amide bonds. The van der Waals surface area contributed by atoms with Crippen LogP contribution in [-0.2, 0) is 4.79 Å². The molecule has 60 heavy (non-hydrogen) atoms. The number of aliphatic hydroxyl groups is 2. The molecule has 3 N–H and O–H groups in total. The van der Waals surface area contributed by atoms with Gasteiger partial charge in [-0.3, -0.25) is 4.79 Å². The number of allylic oxidation sites excluding steroid dienone is 2. The molecule has 0 fully saturated rings. The molecule has 0 radical (unpaired) electrons. The van der Waals surface area contributed by atoms with Crippen molar-refractivity contribution >= 4 is 5.91 Å². The number of unbranched alkanes of at least 4 members (excludes halogenated alkanes) is 43. The average molecular weight is 847 g/mol. The zero-order chi connectivity index (χ0) is 43.5. The molecule has 0 heterocycles. The molecule has 0 aliphatic rings. The van der Waals surface area contributed by atoms with E-state index in [2.05, 4.69) is 31.3 Å². The summed E-state index contributed by atoms with van der Waals surface area (Å²) >= 11 is 0. The number of aliphatic hydroxyl groups excluding tert-OH is 2. The van der Waals surface area contributed by atoms with Gasteiger partial charge in [0.15, 0.2) is 0 Å². The van der Waals surface area contributed by atoms with Crippen LogP contribution in [0.2, 0.25) is 0 Å². The molecule has 0 spiro atoms. The second-order valence-corrected chi connectivity index (χ2v) is 19.4. The van der Waals surface area contributed by atoms with Gasteiger partial charge in [-0.25, -0.2) is 0 Å². The number of amides is 1. The summed E-state index contributed by atoms with van der Waals surface area (Å²) in [6, 6.07) is -0.536. The maximum Gasteiger partial charge on any atom is 0.220 e. The van der Waals surface area contributed by atoms with Gasteiger partial charge in [-0.1, -0.05) is 289 Å². The molecule has 4 nitrogen and oxygen atoms in total. The number of carbonyl (C=O) groups excluding carboxylic acids is 1. The van der Waals surface area contributed by atoms with Gasteiger partial charge in [0.05, 0.1) is 18.8 Å². The van der Waals surface area contributed by atoms with Crippen LogP contribution in [0.1, 0.15) is 322 Å². The quantitative estimate of drug-likeness (QED) is 0.0422.